The predicted molar refractivity (Wildman–Crippen MR) is 133 cm³/mol. The highest BCUT2D eigenvalue weighted by atomic mass is 16.6. The van der Waals surface area contributed by atoms with Crippen molar-refractivity contribution >= 4 is 28.8 Å². The van der Waals surface area contributed by atoms with Crippen molar-refractivity contribution in [3.05, 3.63) is 54.2 Å². The highest BCUT2D eigenvalue weighted by molar-refractivity contribution is 5.92. The van der Waals surface area contributed by atoms with Gasteiger partial charge in [0.15, 0.2) is 5.82 Å². The Morgan fingerprint density at radius 3 is 2.69 bits per heavy atom. The second-order valence-electron chi connectivity index (χ2n) is 10.7. The molecule has 1 atom stereocenters. The Bertz CT molecular complexity index is 1270. The van der Waals surface area contributed by atoms with Crippen molar-refractivity contribution in [1.82, 2.24) is 30.1 Å². The number of aromatic nitrogens is 3. The third kappa shape index (κ3) is 4.55. The zero-order valence-corrected chi connectivity index (χ0v) is 20.8. The summed E-state index contributed by atoms with van der Waals surface area (Å²) in [5, 5.41) is 3.85. The Morgan fingerprint density at radius 2 is 1.97 bits per heavy atom. The monoisotopic (exact) mass is 492 g/mol. The van der Waals surface area contributed by atoms with E-state index >= 15 is 0 Å². The van der Waals surface area contributed by atoms with Crippen molar-refractivity contribution in [3.8, 4) is 0 Å². The fraction of sp³-hybridized carbons (Fsp3) is 0.462. The fourth-order valence-electron chi connectivity index (χ4n) is 5.34. The van der Waals surface area contributed by atoms with Gasteiger partial charge in [0.1, 0.15) is 11.6 Å². The van der Waals surface area contributed by atoms with Crippen LogP contribution in [0, 0.1) is 0 Å². The van der Waals surface area contributed by atoms with Gasteiger partial charge in [-0.2, -0.15) is 0 Å². The number of hydrogen-bond donors (Lipinski definition) is 3. The molecule has 0 saturated carbocycles. The Morgan fingerprint density at radius 1 is 1.17 bits per heavy atom. The first-order valence-electron chi connectivity index (χ1n) is 12.3. The number of hydrogen-bond acceptors (Lipinski definition) is 5. The van der Waals surface area contributed by atoms with Crippen molar-refractivity contribution < 1.29 is 19.1 Å². The van der Waals surface area contributed by atoms with Crippen LogP contribution in [-0.4, -0.2) is 79.5 Å². The van der Waals surface area contributed by atoms with Crippen LogP contribution in [0.2, 0.25) is 0 Å². The van der Waals surface area contributed by atoms with Crippen molar-refractivity contribution in [1.29, 1.82) is 0 Å². The van der Waals surface area contributed by atoms with Gasteiger partial charge in [0.2, 0.25) is 5.91 Å². The van der Waals surface area contributed by atoms with Gasteiger partial charge in [0, 0.05) is 55.5 Å². The quantitative estimate of drug-likeness (QED) is 0.505. The number of imidazole rings is 1. The molecule has 5 rings (SSSR count). The molecule has 2 aromatic heterocycles. The van der Waals surface area contributed by atoms with E-state index in [1.54, 1.807) is 38.1 Å². The third-order valence-electron chi connectivity index (χ3n) is 6.92. The molecule has 1 spiro atoms. The Balaban J connectivity index is 1.36. The molecule has 1 aromatic carbocycles. The van der Waals surface area contributed by atoms with E-state index in [1.807, 2.05) is 35.4 Å². The van der Waals surface area contributed by atoms with Crippen LogP contribution in [0.15, 0.2) is 42.9 Å². The van der Waals surface area contributed by atoms with Crippen LogP contribution >= 0.6 is 0 Å². The number of ether oxygens (including phenoxy) is 1. The van der Waals surface area contributed by atoms with Gasteiger partial charge in [-0.3, -0.25) is 9.59 Å². The van der Waals surface area contributed by atoms with Gasteiger partial charge in [-0.1, -0.05) is 12.1 Å². The number of alkyl carbamates (subject to hydrolysis) is 1. The highest BCUT2D eigenvalue weighted by Crippen LogP contribution is 2.39. The first-order valence-corrected chi connectivity index (χ1v) is 12.3. The summed E-state index contributed by atoms with van der Waals surface area (Å²) >= 11 is 0. The molecule has 3 N–H and O–H groups in total. The zero-order chi connectivity index (χ0) is 25.5. The summed E-state index contributed by atoms with van der Waals surface area (Å²) in [5.74, 6) is -0.0340. The summed E-state index contributed by atoms with van der Waals surface area (Å²) < 4.78 is 5.48. The Labute approximate surface area is 209 Å². The van der Waals surface area contributed by atoms with Crippen molar-refractivity contribution in [3.63, 3.8) is 0 Å². The maximum Gasteiger partial charge on any atom is 0.408 e. The average molecular weight is 493 g/mol. The molecule has 0 radical (unpaired) electrons. The fourth-order valence-corrected chi connectivity index (χ4v) is 5.34. The summed E-state index contributed by atoms with van der Waals surface area (Å²) in [6.07, 6.45) is 6.39. The van der Waals surface area contributed by atoms with Crippen LogP contribution in [0.3, 0.4) is 0 Å². The van der Waals surface area contributed by atoms with E-state index < -0.39 is 23.3 Å². The van der Waals surface area contributed by atoms with Gasteiger partial charge in [-0.05, 0) is 51.3 Å². The molecule has 190 valence electrons. The van der Waals surface area contributed by atoms with E-state index in [-0.39, 0.29) is 11.8 Å². The van der Waals surface area contributed by atoms with Gasteiger partial charge in [-0.15, -0.1) is 0 Å². The predicted octanol–water partition coefficient (Wildman–Crippen LogP) is 2.84. The minimum Gasteiger partial charge on any atom is -0.444 e. The molecule has 1 unspecified atom stereocenters. The molecule has 36 heavy (non-hydrogen) atoms. The second-order valence-corrected chi connectivity index (χ2v) is 10.7. The normalized spacial score (nSPS) is 17.8. The van der Waals surface area contributed by atoms with Gasteiger partial charge in [0.25, 0.3) is 5.91 Å². The molecular formula is C26H32N6O4. The number of rotatable bonds is 5. The minimum atomic E-state index is -0.801. The molecule has 2 aliphatic heterocycles. The smallest absolute Gasteiger partial charge is 0.408 e. The molecule has 0 aliphatic carbocycles. The lowest BCUT2D eigenvalue weighted by molar-refractivity contribution is -0.143. The lowest BCUT2D eigenvalue weighted by Crippen LogP contribution is -2.71. The van der Waals surface area contributed by atoms with Crippen molar-refractivity contribution in [2.24, 2.45) is 0 Å². The first-order chi connectivity index (χ1) is 17.2. The number of benzene rings is 1. The lowest BCUT2D eigenvalue weighted by Gasteiger charge is -2.53. The van der Waals surface area contributed by atoms with Crippen LogP contribution < -0.4 is 5.32 Å². The molecule has 10 nitrogen and oxygen atoms in total. The van der Waals surface area contributed by atoms with E-state index in [1.165, 1.54) is 0 Å². The zero-order valence-electron chi connectivity index (χ0n) is 20.8. The summed E-state index contributed by atoms with van der Waals surface area (Å²) in [6.45, 7) is 6.85. The maximum atomic E-state index is 14.0. The van der Waals surface area contributed by atoms with Gasteiger partial charge in [0.05, 0.1) is 5.54 Å². The van der Waals surface area contributed by atoms with Crippen LogP contribution in [0.5, 0.6) is 0 Å². The second kappa shape index (κ2) is 9.00. The highest BCUT2D eigenvalue weighted by Gasteiger charge is 2.54. The van der Waals surface area contributed by atoms with Gasteiger partial charge < -0.3 is 29.8 Å². The molecule has 10 heteroatoms. The molecular weight excluding hydrogens is 460 g/mol. The van der Waals surface area contributed by atoms with Crippen LogP contribution in [0.4, 0.5) is 4.79 Å². The number of nitrogens with one attached hydrogen (secondary N) is 3. The Kier molecular flexibility index (Phi) is 5.97. The number of aromatic amines is 2. The van der Waals surface area contributed by atoms with E-state index in [4.69, 9.17) is 4.74 Å². The molecule has 4 heterocycles. The number of carbonyl (C=O) groups is 3. The topological polar surface area (TPSA) is 123 Å². The number of carbonyl (C=O) groups excluding carboxylic acids is 3. The molecule has 3 amide bonds. The third-order valence-corrected chi connectivity index (χ3v) is 6.92. The van der Waals surface area contributed by atoms with Gasteiger partial charge in [-0.25, -0.2) is 9.78 Å². The number of likely N-dealkylation sites (tertiary alicyclic amines) is 2. The number of H-pyrrole nitrogens is 2. The van der Waals surface area contributed by atoms with Crippen LogP contribution in [-0.2, 0) is 16.0 Å². The largest absolute Gasteiger partial charge is 0.444 e. The number of nitrogens with zero attached hydrogens (tertiary/aromatic N) is 3. The molecule has 2 saturated heterocycles. The van der Waals surface area contributed by atoms with E-state index in [0.29, 0.717) is 31.9 Å². The molecule has 3 aromatic rings. The average Bonchev–Trinajstić information content (AvgIpc) is 3.56. The molecule has 2 aliphatic rings. The van der Waals surface area contributed by atoms with E-state index in [9.17, 15) is 14.4 Å². The number of fused-ring (bicyclic) bond motifs is 1. The summed E-state index contributed by atoms with van der Waals surface area (Å²) in [4.78, 5) is 53.1. The SMILES string of the molecule is CC(C)(C)OC(=O)NC(Cc1cccc2[nH]ccc12)C(=O)N1CCCC12CN(C(=O)c1ncc[nH]1)C2. The summed E-state index contributed by atoms with van der Waals surface area (Å²) in [6, 6.07) is 7.06. The van der Waals surface area contributed by atoms with Crippen LogP contribution in [0.1, 0.15) is 49.8 Å². The first kappa shape index (κ1) is 23.9. The Hall–Kier alpha value is -3.82. The minimum absolute atomic E-state index is 0.156. The summed E-state index contributed by atoms with van der Waals surface area (Å²) in [7, 11) is 0. The van der Waals surface area contributed by atoms with E-state index in [0.717, 1.165) is 29.3 Å². The standard InChI is InChI=1S/C26H32N6O4/c1-25(2,3)36-24(35)30-20(14-17-6-4-7-19-18(17)8-10-27-19)22(33)32-13-5-9-26(32)15-31(16-26)23(34)21-28-11-12-29-21/h4,6-8,10-12,20,27H,5,9,13-16H2,1-3H3,(H,28,29)(H,30,35). The molecule has 0 bridgehead atoms. The number of amides is 3. The van der Waals surface area contributed by atoms with E-state index in [2.05, 4.69) is 20.3 Å². The molecule has 2 fully saturated rings. The maximum absolute atomic E-state index is 14.0. The van der Waals surface area contributed by atoms with Crippen molar-refractivity contribution in [2.45, 2.75) is 57.2 Å². The van der Waals surface area contributed by atoms with Gasteiger partial charge >= 0.3 is 6.09 Å². The summed E-state index contributed by atoms with van der Waals surface area (Å²) in [5.41, 5.74) is 0.820. The van der Waals surface area contributed by atoms with Crippen molar-refractivity contribution in [2.75, 3.05) is 19.6 Å². The van der Waals surface area contributed by atoms with Crippen LogP contribution in [0.25, 0.3) is 10.9 Å². The lowest BCUT2D eigenvalue weighted by atomic mass is 9.86.